The number of nitrogen functional groups attached to an aromatic ring is 1. The lowest BCUT2D eigenvalue weighted by molar-refractivity contribution is 0.100. The predicted molar refractivity (Wildman–Crippen MR) is 90.6 cm³/mol. The Morgan fingerprint density at radius 1 is 1.35 bits per heavy atom. The van der Waals surface area contributed by atoms with Crippen LogP contribution in [0.4, 0.5) is 5.82 Å². The van der Waals surface area contributed by atoms with Crippen molar-refractivity contribution in [3.05, 3.63) is 39.8 Å². The summed E-state index contributed by atoms with van der Waals surface area (Å²) >= 11 is 3.46. The molecule has 0 saturated carbocycles. The van der Waals surface area contributed by atoms with Crippen molar-refractivity contribution in [2.45, 2.75) is 13.8 Å². The van der Waals surface area contributed by atoms with Crippen LogP contribution in [0.2, 0.25) is 0 Å². The second-order valence-corrected chi connectivity index (χ2v) is 6.01. The van der Waals surface area contributed by atoms with Gasteiger partial charge < -0.3 is 16.6 Å². The van der Waals surface area contributed by atoms with Crippen LogP contribution in [0.1, 0.15) is 21.7 Å². The number of rotatable bonds is 2. The number of anilines is 1. The van der Waals surface area contributed by atoms with Crippen LogP contribution in [0, 0.1) is 13.8 Å². The maximum atomic E-state index is 11.8. The van der Waals surface area contributed by atoms with Crippen molar-refractivity contribution in [2.24, 2.45) is 5.73 Å². The minimum Gasteiger partial charge on any atom is -0.508 e. The van der Waals surface area contributed by atoms with Crippen molar-refractivity contribution in [3.63, 3.8) is 0 Å². The summed E-state index contributed by atoms with van der Waals surface area (Å²) in [6, 6.07) is 3.26. The van der Waals surface area contributed by atoms with E-state index < -0.39 is 5.91 Å². The number of carbonyl (C=O) groups excluding carboxylic acids is 1. The summed E-state index contributed by atoms with van der Waals surface area (Å²) in [5, 5.41) is 10.5. The minimum absolute atomic E-state index is 0.107. The molecule has 0 atom stereocenters. The minimum atomic E-state index is -0.660. The molecule has 1 aromatic carbocycles. The molecule has 0 saturated heterocycles. The Labute approximate surface area is 140 Å². The lowest BCUT2D eigenvalue weighted by Gasteiger charge is -2.14. The number of benzene rings is 1. The fourth-order valence-electron chi connectivity index (χ4n) is 2.59. The van der Waals surface area contributed by atoms with Crippen LogP contribution in [-0.4, -0.2) is 25.5 Å². The number of nitrogens with two attached hydrogens (primary N) is 2. The molecule has 0 aliphatic carbocycles. The van der Waals surface area contributed by atoms with Gasteiger partial charge in [0, 0.05) is 16.2 Å². The number of nitrogens with zero attached hydrogens (tertiary/aromatic N) is 3. The van der Waals surface area contributed by atoms with Gasteiger partial charge in [-0.1, -0.05) is 0 Å². The van der Waals surface area contributed by atoms with Crippen LogP contribution < -0.4 is 11.5 Å². The molecule has 118 valence electrons. The standard InChI is InChI=1S/C15H14BrN5O2/c1-6-10(22)4-3-9(16)12(6)21-13(17)11(14(18)23)8-5-19-7(2)20-15(8)21/h3-5,22H,17H2,1-2H3,(H2,18,23). The van der Waals surface area contributed by atoms with Crippen LogP contribution in [0.15, 0.2) is 22.8 Å². The highest BCUT2D eigenvalue weighted by molar-refractivity contribution is 9.10. The quantitative estimate of drug-likeness (QED) is 0.633. The summed E-state index contributed by atoms with van der Waals surface area (Å²) in [5.74, 6) is 0.131. The van der Waals surface area contributed by atoms with Crippen molar-refractivity contribution in [2.75, 3.05) is 5.73 Å². The van der Waals surface area contributed by atoms with Gasteiger partial charge in [-0.05, 0) is 41.9 Å². The Hall–Kier alpha value is -2.61. The molecule has 1 amide bonds. The van der Waals surface area contributed by atoms with Gasteiger partial charge in [-0.15, -0.1) is 0 Å². The molecule has 3 rings (SSSR count). The Balaban J connectivity index is 2.53. The highest BCUT2D eigenvalue weighted by atomic mass is 79.9. The Kier molecular flexibility index (Phi) is 3.48. The van der Waals surface area contributed by atoms with Crippen molar-refractivity contribution < 1.29 is 9.90 Å². The second-order valence-electron chi connectivity index (χ2n) is 5.15. The maximum Gasteiger partial charge on any atom is 0.253 e. The number of phenols is 1. The van der Waals surface area contributed by atoms with Crippen LogP contribution >= 0.6 is 15.9 Å². The van der Waals surface area contributed by atoms with Gasteiger partial charge in [-0.2, -0.15) is 0 Å². The van der Waals surface area contributed by atoms with E-state index in [0.717, 1.165) is 0 Å². The number of fused-ring (bicyclic) bond motifs is 1. The second kappa shape index (κ2) is 5.24. The molecule has 2 heterocycles. The smallest absolute Gasteiger partial charge is 0.253 e. The molecule has 2 aromatic heterocycles. The first-order valence-electron chi connectivity index (χ1n) is 6.74. The molecule has 0 spiro atoms. The van der Waals surface area contributed by atoms with E-state index in [-0.39, 0.29) is 17.1 Å². The van der Waals surface area contributed by atoms with E-state index in [0.29, 0.717) is 32.6 Å². The number of primary amides is 1. The van der Waals surface area contributed by atoms with E-state index in [4.69, 9.17) is 11.5 Å². The molecule has 0 radical (unpaired) electrons. The zero-order chi connectivity index (χ0) is 16.9. The highest BCUT2D eigenvalue weighted by Gasteiger charge is 2.24. The van der Waals surface area contributed by atoms with Gasteiger partial charge in [0.1, 0.15) is 17.4 Å². The maximum absolute atomic E-state index is 11.8. The predicted octanol–water partition coefficient (Wildman–Crippen LogP) is 2.19. The number of amides is 1. The van der Waals surface area contributed by atoms with E-state index in [2.05, 4.69) is 25.9 Å². The van der Waals surface area contributed by atoms with E-state index in [9.17, 15) is 9.90 Å². The highest BCUT2D eigenvalue weighted by Crippen LogP contribution is 2.37. The monoisotopic (exact) mass is 375 g/mol. The molecule has 3 aromatic rings. The van der Waals surface area contributed by atoms with Crippen LogP contribution in [-0.2, 0) is 0 Å². The van der Waals surface area contributed by atoms with Crippen molar-refractivity contribution in [1.29, 1.82) is 0 Å². The third-order valence-electron chi connectivity index (χ3n) is 3.69. The van der Waals surface area contributed by atoms with E-state index in [1.165, 1.54) is 6.20 Å². The molecule has 0 unspecified atom stereocenters. The van der Waals surface area contributed by atoms with Gasteiger partial charge in [0.2, 0.25) is 0 Å². The van der Waals surface area contributed by atoms with Gasteiger partial charge >= 0.3 is 0 Å². The summed E-state index contributed by atoms with van der Waals surface area (Å²) in [5.41, 5.74) is 13.5. The molecule has 5 N–H and O–H groups in total. The largest absolute Gasteiger partial charge is 0.508 e. The molecule has 0 fully saturated rings. The molecule has 0 bridgehead atoms. The molecular weight excluding hydrogens is 362 g/mol. The first kappa shape index (κ1) is 15.3. The normalized spacial score (nSPS) is 11.1. The van der Waals surface area contributed by atoms with Crippen LogP contribution in [0.25, 0.3) is 16.7 Å². The average molecular weight is 376 g/mol. The zero-order valence-electron chi connectivity index (χ0n) is 12.5. The lowest BCUT2D eigenvalue weighted by atomic mass is 10.2. The van der Waals surface area contributed by atoms with Crippen molar-refractivity contribution in [1.82, 2.24) is 14.5 Å². The summed E-state index contributed by atoms with van der Waals surface area (Å²) < 4.78 is 2.30. The molecular formula is C15H14BrN5O2. The Bertz CT molecular complexity index is 964. The van der Waals surface area contributed by atoms with Crippen molar-refractivity contribution >= 4 is 38.7 Å². The summed E-state index contributed by atoms with van der Waals surface area (Å²) in [4.78, 5) is 20.3. The van der Waals surface area contributed by atoms with Gasteiger partial charge in [0.25, 0.3) is 5.91 Å². The van der Waals surface area contributed by atoms with Crippen molar-refractivity contribution in [3.8, 4) is 11.4 Å². The van der Waals surface area contributed by atoms with Gasteiger partial charge in [0.05, 0.1) is 16.6 Å². The van der Waals surface area contributed by atoms with Gasteiger partial charge in [0.15, 0.2) is 5.65 Å². The summed E-state index contributed by atoms with van der Waals surface area (Å²) in [6.45, 7) is 3.49. The molecule has 23 heavy (non-hydrogen) atoms. The third-order valence-corrected chi connectivity index (χ3v) is 4.33. The molecule has 0 aliphatic heterocycles. The molecule has 0 aliphatic rings. The first-order chi connectivity index (χ1) is 10.8. The van der Waals surface area contributed by atoms with E-state index in [1.807, 2.05) is 0 Å². The topological polar surface area (TPSA) is 120 Å². The zero-order valence-corrected chi connectivity index (χ0v) is 14.0. The number of hydrogen-bond donors (Lipinski definition) is 3. The summed E-state index contributed by atoms with van der Waals surface area (Å²) in [6.07, 6.45) is 1.52. The summed E-state index contributed by atoms with van der Waals surface area (Å²) in [7, 11) is 0. The number of hydrogen-bond acceptors (Lipinski definition) is 5. The Morgan fingerprint density at radius 3 is 2.70 bits per heavy atom. The fourth-order valence-corrected chi connectivity index (χ4v) is 3.19. The van der Waals surface area contributed by atoms with Gasteiger partial charge in [-0.25, -0.2) is 9.97 Å². The number of aromatic hydroxyl groups is 1. The van der Waals surface area contributed by atoms with Crippen LogP contribution in [0.5, 0.6) is 5.75 Å². The number of halogens is 1. The van der Waals surface area contributed by atoms with Crippen LogP contribution in [0.3, 0.4) is 0 Å². The van der Waals surface area contributed by atoms with Gasteiger partial charge in [-0.3, -0.25) is 9.36 Å². The Morgan fingerprint density at radius 2 is 2.04 bits per heavy atom. The van der Waals surface area contributed by atoms with E-state index in [1.54, 1.807) is 30.5 Å². The first-order valence-corrected chi connectivity index (χ1v) is 7.54. The number of aromatic nitrogens is 3. The number of carbonyl (C=O) groups is 1. The molecule has 8 heteroatoms. The fraction of sp³-hybridized carbons (Fsp3) is 0.133. The lowest BCUT2D eigenvalue weighted by Crippen LogP contribution is -2.14. The van der Waals surface area contributed by atoms with E-state index >= 15 is 0 Å². The number of phenolic OH excluding ortho intramolecular Hbond substituents is 1. The average Bonchev–Trinajstić information content (AvgIpc) is 2.76. The third kappa shape index (κ3) is 2.22. The molecule has 7 nitrogen and oxygen atoms in total. The SMILES string of the molecule is Cc1ncc2c(C(N)=O)c(N)n(-c3c(Br)ccc(O)c3C)c2n1. The number of aryl methyl sites for hydroxylation is 1.